The van der Waals surface area contributed by atoms with Crippen LogP contribution in [0.1, 0.15) is 19.3 Å². The molecule has 0 heterocycles. The summed E-state index contributed by atoms with van der Waals surface area (Å²) in [6, 6.07) is 0. The highest BCUT2D eigenvalue weighted by Gasteiger charge is 2.87. The molecule has 0 amide bonds. The predicted octanol–water partition coefficient (Wildman–Crippen LogP) is 4.96. The van der Waals surface area contributed by atoms with Crippen molar-refractivity contribution in [2.75, 3.05) is 13.2 Å². The van der Waals surface area contributed by atoms with Crippen LogP contribution in [0.2, 0.25) is 0 Å². The van der Waals surface area contributed by atoms with Crippen LogP contribution in [0.25, 0.3) is 0 Å². The first-order chi connectivity index (χ1) is 12.0. The molecule has 0 unspecified atom stereocenters. The molecule has 0 spiro atoms. The second kappa shape index (κ2) is 8.50. The third kappa shape index (κ3) is 5.37. The van der Waals surface area contributed by atoms with Crippen molar-refractivity contribution in [3.8, 4) is 0 Å². The molecule has 0 saturated heterocycles. The number of ether oxygens (including phenoxy) is 2. The molecule has 0 radical (unpaired) electrons. The minimum absolute atomic E-state index is 0.0378. The van der Waals surface area contributed by atoms with Crippen molar-refractivity contribution in [1.29, 1.82) is 0 Å². The molecule has 14 heteroatoms. The molecule has 0 aromatic heterocycles. The predicted molar refractivity (Wildman–Crippen MR) is 66.8 cm³/mol. The second-order valence-corrected chi connectivity index (χ2v) is 5.07. The number of hydrogen-bond donors (Lipinski definition) is 0. The maximum absolute atomic E-state index is 13.3. The second-order valence-electron chi connectivity index (χ2n) is 5.07. The fourth-order valence-corrected chi connectivity index (χ4v) is 1.50. The third-order valence-electron chi connectivity index (χ3n) is 3.01. The van der Waals surface area contributed by atoms with Gasteiger partial charge >= 0.3 is 35.8 Å². The van der Waals surface area contributed by atoms with Gasteiger partial charge in [-0.3, -0.25) is 4.79 Å². The molecule has 0 N–H and O–H groups in total. The average molecular weight is 426 g/mol. The molecule has 0 bridgehead atoms. The molecular formula is C13H13F11O3. The molecular weight excluding hydrogens is 413 g/mol. The molecule has 0 aliphatic heterocycles. The molecule has 0 saturated carbocycles. The molecule has 0 atom stereocenters. The fourth-order valence-electron chi connectivity index (χ4n) is 1.50. The van der Waals surface area contributed by atoms with Gasteiger partial charge in [-0.15, -0.1) is 0 Å². The molecule has 160 valence electrons. The molecule has 27 heavy (non-hydrogen) atoms. The summed E-state index contributed by atoms with van der Waals surface area (Å²) in [6.07, 6.45) is -8.90. The zero-order chi connectivity index (χ0) is 21.7. The van der Waals surface area contributed by atoms with Gasteiger partial charge in [-0.25, -0.2) is 0 Å². The van der Waals surface area contributed by atoms with Crippen molar-refractivity contribution in [3.63, 3.8) is 0 Å². The lowest BCUT2D eigenvalue weighted by Gasteiger charge is -2.36. The van der Waals surface area contributed by atoms with Gasteiger partial charge in [-0.1, -0.05) is 6.58 Å². The molecule has 0 rings (SSSR count). The van der Waals surface area contributed by atoms with Gasteiger partial charge in [-0.2, -0.15) is 48.3 Å². The zero-order valence-electron chi connectivity index (χ0n) is 13.2. The van der Waals surface area contributed by atoms with Crippen LogP contribution in [0.4, 0.5) is 48.3 Å². The van der Waals surface area contributed by atoms with Gasteiger partial charge in [-0.05, 0) is 12.8 Å². The van der Waals surface area contributed by atoms with Crippen molar-refractivity contribution >= 4 is 5.97 Å². The lowest BCUT2D eigenvalue weighted by Crippen LogP contribution is -2.66. The molecule has 0 fully saturated rings. The highest BCUT2D eigenvalue weighted by atomic mass is 19.4. The summed E-state index contributed by atoms with van der Waals surface area (Å²) in [5.41, 5.74) is 0. The van der Waals surface area contributed by atoms with Crippen molar-refractivity contribution in [1.82, 2.24) is 0 Å². The van der Waals surface area contributed by atoms with Crippen molar-refractivity contribution in [2.24, 2.45) is 0 Å². The molecule has 0 aliphatic rings. The van der Waals surface area contributed by atoms with E-state index in [1.807, 2.05) is 0 Å². The summed E-state index contributed by atoms with van der Waals surface area (Å²) >= 11 is 0. The van der Waals surface area contributed by atoms with Crippen molar-refractivity contribution in [2.45, 2.75) is 49.1 Å². The van der Waals surface area contributed by atoms with Crippen LogP contribution in [-0.2, 0) is 14.3 Å². The summed E-state index contributed by atoms with van der Waals surface area (Å²) in [4.78, 5) is 11.0. The molecule has 0 aromatic carbocycles. The summed E-state index contributed by atoms with van der Waals surface area (Å²) in [6.45, 7) is 2.60. The monoisotopic (exact) mass is 426 g/mol. The van der Waals surface area contributed by atoms with E-state index >= 15 is 0 Å². The minimum atomic E-state index is -7.54. The van der Waals surface area contributed by atoms with Crippen molar-refractivity contribution in [3.05, 3.63) is 12.8 Å². The van der Waals surface area contributed by atoms with Crippen LogP contribution >= 0.6 is 0 Å². The number of carbonyl (C=O) groups is 1. The number of alkyl halides is 11. The van der Waals surface area contributed by atoms with Gasteiger partial charge in [0.05, 0.1) is 19.5 Å². The van der Waals surface area contributed by atoms with Crippen LogP contribution in [0.5, 0.6) is 0 Å². The standard InChI is InChI=1S/C13H13F11O3/c1-2-26-5-3-4-6-27-8(25)7-9(14,15)10(16,17)11(18,19)12(20,21)13(22,23)24/h2H,1,3-7H2. The smallest absolute Gasteiger partial charge is 0.460 e. The normalized spacial score (nSPS) is 14.0. The lowest BCUT2D eigenvalue weighted by atomic mass is 9.96. The first-order valence-corrected chi connectivity index (χ1v) is 6.92. The number of carbonyl (C=O) groups excluding carboxylic acids is 1. The topological polar surface area (TPSA) is 35.5 Å². The Morgan fingerprint density at radius 2 is 1.26 bits per heavy atom. The van der Waals surface area contributed by atoms with Crippen LogP contribution in [0.3, 0.4) is 0 Å². The van der Waals surface area contributed by atoms with E-state index in [-0.39, 0.29) is 19.4 Å². The van der Waals surface area contributed by atoms with E-state index in [0.29, 0.717) is 0 Å². The van der Waals surface area contributed by atoms with Gasteiger partial charge in [0.2, 0.25) is 0 Å². The Bertz CT molecular complexity index is 514. The summed E-state index contributed by atoms with van der Waals surface area (Å²) in [5.74, 6) is -30.7. The van der Waals surface area contributed by atoms with Gasteiger partial charge in [0.15, 0.2) is 0 Å². The number of unbranched alkanes of at least 4 members (excludes halogenated alkanes) is 1. The summed E-state index contributed by atoms with van der Waals surface area (Å²) in [5, 5.41) is 0. The van der Waals surface area contributed by atoms with E-state index in [4.69, 9.17) is 0 Å². The maximum atomic E-state index is 13.3. The Balaban J connectivity index is 5.11. The highest BCUT2D eigenvalue weighted by molar-refractivity contribution is 5.70. The average Bonchev–Trinajstić information content (AvgIpc) is 2.48. The van der Waals surface area contributed by atoms with Gasteiger partial charge in [0.1, 0.15) is 6.42 Å². The first kappa shape index (κ1) is 25.2. The zero-order valence-corrected chi connectivity index (χ0v) is 13.2. The maximum Gasteiger partial charge on any atom is 0.460 e. The quantitative estimate of drug-likeness (QED) is 0.203. The van der Waals surface area contributed by atoms with E-state index < -0.39 is 48.9 Å². The van der Waals surface area contributed by atoms with Crippen LogP contribution < -0.4 is 0 Å². The Hall–Kier alpha value is -1.76. The van der Waals surface area contributed by atoms with Gasteiger partial charge in [0, 0.05) is 0 Å². The van der Waals surface area contributed by atoms with Gasteiger partial charge < -0.3 is 9.47 Å². The minimum Gasteiger partial charge on any atom is -0.502 e. The SMILES string of the molecule is C=COCCCCOC(=O)CC(F)(F)C(F)(F)C(F)(F)C(F)(F)C(F)(F)F. The summed E-state index contributed by atoms with van der Waals surface area (Å²) in [7, 11) is 0. The Morgan fingerprint density at radius 1 is 0.778 bits per heavy atom. The Morgan fingerprint density at radius 3 is 1.70 bits per heavy atom. The fraction of sp³-hybridized carbons (Fsp3) is 0.769. The largest absolute Gasteiger partial charge is 0.502 e. The molecule has 0 aliphatic carbocycles. The Labute approximate surface area is 145 Å². The van der Waals surface area contributed by atoms with Crippen LogP contribution in [-0.4, -0.2) is 49.0 Å². The number of halogens is 11. The number of rotatable bonds is 11. The summed E-state index contributed by atoms with van der Waals surface area (Å²) < 4.78 is 148. The van der Waals surface area contributed by atoms with Crippen molar-refractivity contribution < 1.29 is 62.6 Å². The Kier molecular flexibility index (Phi) is 7.95. The molecule has 3 nitrogen and oxygen atoms in total. The molecule has 0 aromatic rings. The van der Waals surface area contributed by atoms with Crippen LogP contribution in [0, 0.1) is 0 Å². The lowest BCUT2D eigenvalue weighted by molar-refractivity contribution is -0.421. The van der Waals surface area contributed by atoms with E-state index in [9.17, 15) is 53.1 Å². The van der Waals surface area contributed by atoms with E-state index in [1.165, 1.54) is 0 Å². The van der Waals surface area contributed by atoms with E-state index in [1.54, 1.807) is 0 Å². The van der Waals surface area contributed by atoms with Gasteiger partial charge in [0.25, 0.3) is 0 Å². The van der Waals surface area contributed by atoms with E-state index in [0.717, 1.165) is 6.26 Å². The first-order valence-electron chi connectivity index (χ1n) is 6.92. The highest BCUT2D eigenvalue weighted by Crippen LogP contribution is 2.57. The third-order valence-corrected chi connectivity index (χ3v) is 3.01. The van der Waals surface area contributed by atoms with Crippen LogP contribution in [0.15, 0.2) is 12.8 Å². The number of hydrogen-bond acceptors (Lipinski definition) is 3. The number of esters is 1. The van der Waals surface area contributed by atoms with E-state index in [2.05, 4.69) is 16.1 Å².